The van der Waals surface area contributed by atoms with Crippen LogP contribution in [-0.4, -0.2) is 37.2 Å². The summed E-state index contributed by atoms with van der Waals surface area (Å²) in [5, 5.41) is 23.7. The Morgan fingerprint density at radius 3 is 2.61 bits per heavy atom. The molecule has 2 atom stereocenters. The van der Waals surface area contributed by atoms with Gasteiger partial charge in [-0.05, 0) is 22.8 Å². The van der Waals surface area contributed by atoms with Crippen LogP contribution in [0.15, 0.2) is 24.3 Å². The first-order valence-electron chi connectivity index (χ1n) is 7.19. The first kappa shape index (κ1) is 15.1. The van der Waals surface area contributed by atoms with E-state index in [-0.39, 0.29) is 5.91 Å². The van der Waals surface area contributed by atoms with Gasteiger partial charge in [0.25, 0.3) is 0 Å². The van der Waals surface area contributed by atoms with E-state index < -0.39 is 23.2 Å². The van der Waals surface area contributed by atoms with E-state index in [1.807, 2.05) is 6.07 Å². The van der Waals surface area contributed by atoms with Crippen molar-refractivity contribution in [1.29, 1.82) is 0 Å². The summed E-state index contributed by atoms with van der Waals surface area (Å²) in [6.45, 7) is 3.58. The number of rotatable bonds is 4. The summed E-state index contributed by atoms with van der Waals surface area (Å²) in [4.78, 5) is 24.9. The Kier molecular flexibility index (Phi) is 3.39. The van der Waals surface area contributed by atoms with E-state index in [0.29, 0.717) is 11.5 Å². The number of carbonyl (C=O) groups is 2. The molecule has 3 rings (SSSR count). The van der Waals surface area contributed by atoms with Gasteiger partial charge in [0.05, 0.1) is 18.9 Å². The predicted octanol–water partition coefficient (Wildman–Crippen LogP) is 1.17. The number of carbonyl (C=O) groups excluding carboxylic acids is 1. The molecule has 0 unspecified atom stereocenters. The van der Waals surface area contributed by atoms with Crippen molar-refractivity contribution in [3.05, 3.63) is 24.3 Å². The van der Waals surface area contributed by atoms with Crippen LogP contribution >= 0.6 is 0 Å². The lowest BCUT2D eigenvalue weighted by Crippen LogP contribution is -2.17. The summed E-state index contributed by atoms with van der Waals surface area (Å²) in [6.07, 6.45) is 0. The van der Waals surface area contributed by atoms with Crippen molar-refractivity contribution in [2.24, 2.45) is 24.3 Å². The van der Waals surface area contributed by atoms with Crippen LogP contribution in [0.1, 0.15) is 13.8 Å². The van der Waals surface area contributed by atoms with Gasteiger partial charge >= 0.3 is 5.97 Å². The predicted molar refractivity (Wildman–Crippen MR) is 81.3 cm³/mol. The fourth-order valence-corrected chi connectivity index (χ4v) is 2.94. The SMILES string of the molecule is Cn1nnc(-c2cccc(NC(=O)[C@@H]3[C@@H](C(=O)O)C3(C)C)c2)n1. The van der Waals surface area contributed by atoms with Crippen LogP contribution in [0.5, 0.6) is 0 Å². The molecule has 1 amide bonds. The maximum atomic E-state index is 12.3. The maximum Gasteiger partial charge on any atom is 0.307 e. The lowest BCUT2D eigenvalue weighted by molar-refractivity contribution is -0.140. The fourth-order valence-electron chi connectivity index (χ4n) is 2.94. The van der Waals surface area contributed by atoms with Crippen LogP contribution in [0.2, 0.25) is 0 Å². The molecule has 8 heteroatoms. The number of nitrogens with zero attached hydrogens (tertiary/aromatic N) is 4. The summed E-state index contributed by atoms with van der Waals surface area (Å²) in [7, 11) is 1.67. The number of nitrogens with one attached hydrogen (secondary N) is 1. The lowest BCUT2D eigenvalue weighted by Gasteiger charge is -2.07. The third kappa shape index (κ3) is 2.67. The van der Waals surface area contributed by atoms with E-state index in [1.165, 1.54) is 4.80 Å². The van der Waals surface area contributed by atoms with Crippen LogP contribution in [0.4, 0.5) is 5.69 Å². The zero-order chi connectivity index (χ0) is 16.8. The zero-order valence-electron chi connectivity index (χ0n) is 13.0. The molecule has 1 saturated carbocycles. The third-order valence-electron chi connectivity index (χ3n) is 4.27. The number of aryl methyl sites for hydroxylation is 1. The summed E-state index contributed by atoms with van der Waals surface area (Å²) in [5.74, 6) is -1.94. The molecule has 1 heterocycles. The van der Waals surface area contributed by atoms with Gasteiger partial charge < -0.3 is 10.4 Å². The highest BCUT2D eigenvalue weighted by molar-refractivity contribution is 6.00. The Morgan fingerprint density at radius 2 is 2.04 bits per heavy atom. The molecule has 0 aliphatic heterocycles. The van der Waals surface area contributed by atoms with Gasteiger partial charge in [0.1, 0.15) is 0 Å². The molecule has 1 aromatic heterocycles. The number of hydrogen-bond acceptors (Lipinski definition) is 5. The van der Waals surface area contributed by atoms with Crippen molar-refractivity contribution in [2.75, 3.05) is 5.32 Å². The third-order valence-corrected chi connectivity index (χ3v) is 4.27. The van der Waals surface area contributed by atoms with Crippen LogP contribution < -0.4 is 5.32 Å². The summed E-state index contributed by atoms with van der Waals surface area (Å²) >= 11 is 0. The molecule has 1 aliphatic carbocycles. The van der Waals surface area contributed by atoms with Crippen molar-refractivity contribution < 1.29 is 14.7 Å². The van der Waals surface area contributed by atoms with E-state index >= 15 is 0 Å². The maximum absolute atomic E-state index is 12.3. The molecule has 0 radical (unpaired) electrons. The topological polar surface area (TPSA) is 110 Å². The highest BCUT2D eigenvalue weighted by Gasteiger charge is 2.65. The van der Waals surface area contributed by atoms with Crippen LogP contribution in [0, 0.1) is 17.3 Å². The van der Waals surface area contributed by atoms with Gasteiger partial charge in [0.15, 0.2) is 0 Å². The van der Waals surface area contributed by atoms with Crippen LogP contribution in [-0.2, 0) is 16.6 Å². The molecule has 120 valence electrons. The number of hydrogen-bond donors (Lipinski definition) is 2. The van der Waals surface area contributed by atoms with Crippen LogP contribution in [0.25, 0.3) is 11.4 Å². The second-order valence-corrected chi connectivity index (χ2v) is 6.29. The number of anilines is 1. The molecule has 2 aromatic rings. The summed E-state index contributed by atoms with van der Waals surface area (Å²) in [6, 6.07) is 7.06. The van der Waals surface area contributed by atoms with Crippen molar-refractivity contribution in [2.45, 2.75) is 13.8 Å². The van der Waals surface area contributed by atoms with Gasteiger partial charge in [-0.25, -0.2) is 0 Å². The number of carboxylic acid groups (broad SMARTS) is 1. The van der Waals surface area contributed by atoms with Gasteiger partial charge in [-0.15, -0.1) is 10.2 Å². The van der Waals surface area contributed by atoms with E-state index in [1.54, 1.807) is 39.1 Å². The molecule has 0 saturated heterocycles. The van der Waals surface area contributed by atoms with E-state index in [4.69, 9.17) is 5.11 Å². The number of benzene rings is 1. The Balaban J connectivity index is 1.76. The molecule has 1 aromatic carbocycles. The number of aliphatic carboxylic acids is 1. The van der Waals surface area contributed by atoms with Gasteiger partial charge in [-0.3, -0.25) is 9.59 Å². The summed E-state index contributed by atoms with van der Waals surface area (Å²) in [5.41, 5.74) is 0.771. The first-order valence-corrected chi connectivity index (χ1v) is 7.19. The molecule has 0 spiro atoms. The average Bonchev–Trinajstić information content (AvgIpc) is 2.83. The Bertz CT molecular complexity index is 783. The Hall–Kier alpha value is -2.77. The van der Waals surface area contributed by atoms with Gasteiger partial charge in [-0.2, -0.15) is 4.80 Å². The normalized spacial score (nSPS) is 21.7. The monoisotopic (exact) mass is 315 g/mol. The number of carboxylic acids is 1. The quantitative estimate of drug-likeness (QED) is 0.876. The number of aromatic nitrogens is 4. The summed E-state index contributed by atoms with van der Waals surface area (Å²) < 4.78 is 0. The van der Waals surface area contributed by atoms with Gasteiger partial charge in [0.2, 0.25) is 11.7 Å². The number of amides is 1. The highest BCUT2D eigenvalue weighted by atomic mass is 16.4. The minimum absolute atomic E-state index is 0.286. The molecule has 23 heavy (non-hydrogen) atoms. The lowest BCUT2D eigenvalue weighted by atomic mass is 10.1. The Labute approximate surface area is 132 Å². The van der Waals surface area contributed by atoms with Gasteiger partial charge in [-0.1, -0.05) is 26.0 Å². The molecular weight excluding hydrogens is 298 g/mol. The highest BCUT2D eigenvalue weighted by Crippen LogP contribution is 2.58. The minimum Gasteiger partial charge on any atom is -0.481 e. The zero-order valence-corrected chi connectivity index (χ0v) is 13.0. The minimum atomic E-state index is -0.937. The molecule has 8 nitrogen and oxygen atoms in total. The molecule has 1 aliphatic rings. The first-order chi connectivity index (χ1) is 10.8. The Morgan fingerprint density at radius 1 is 1.30 bits per heavy atom. The van der Waals surface area contributed by atoms with E-state index in [0.717, 1.165) is 5.56 Å². The van der Waals surface area contributed by atoms with Crippen molar-refractivity contribution in [1.82, 2.24) is 20.2 Å². The van der Waals surface area contributed by atoms with Crippen molar-refractivity contribution in [3.63, 3.8) is 0 Å². The molecule has 1 fully saturated rings. The number of tetrazole rings is 1. The average molecular weight is 315 g/mol. The van der Waals surface area contributed by atoms with Crippen LogP contribution in [0.3, 0.4) is 0 Å². The smallest absolute Gasteiger partial charge is 0.307 e. The second kappa shape index (κ2) is 5.15. The molecule has 2 N–H and O–H groups in total. The van der Waals surface area contributed by atoms with E-state index in [9.17, 15) is 9.59 Å². The van der Waals surface area contributed by atoms with E-state index in [2.05, 4.69) is 20.7 Å². The van der Waals surface area contributed by atoms with Crippen molar-refractivity contribution >= 4 is 17.6 Å². The molecular formula is C15H17N5O3. The second-order valence-electron chi connectivity index (χ2n) is 6.29. The standard InChI is InChI=1S/C15H17N5O3/c1-15(2)10(11(15)14(22)23)13(21)16-9-6-4-5-8(7-9)12-17-19-20(3)18-12/h4-7,10-11H,1-3H3,(H,16,21)(H,22,23)/t10-,11-/m0/s1. The largest absolute Gasteiger partial charge is 0.481 e. The molecule has 0 bridgehead atoms. The van der Waals surface area contributed by atoms with Gasteiger partial charge in [0, 0.05) is 11.3 Å². The van der Waals surface area contributed by atoms with Crippen molar-refractivity contribution in [3.8, 4) is 11.4 Å². The fraction of sp³-hybridized carbons (Fsp3) is 0.400.